The summed E-state index contributed by atoms with van der Waals surface area (Å²) in [5.41, 5.74) is 0. The lowest BCUT2D eigenvalue weighted by atomic mass is 10.0. The summed E-state index contributed by atoms with van der Waals surface area (Å²) in [6.07, 6.45) is 7.21. The van der Waals surface area contributed by atoms with Crippen LogP contribution in [0.2, 0.25) is 0 Å². The molecule has 4 nitrogen and oxygen atoms in total. The number of hydrogen-bond acceptors (Lipinski definition) is 4. The molecule has 2 aliphatic heterocycles. The summed E-state index contributed by atoms with van der Waals surface area (Å²) in [6.45, 7) is 7.97. The number of carbonyl (C=O) groups is 1. The fourth-order valence-electron chi connectivity index (χ4n) is 3.11. The van der Waals surface area contributed by atoms with Crippen molar-refractivity contribution in [3.05, 3.63) is 0 Å². The lowest BCUT2D eigenvalue weighted by Crippen LogP contribution is -2.45. The molecular formula is C16H31N3OS. The molecule has 0 aromatic carbocycles. The summed E-state index contributed by atoms with van der Waals surface area (Å²) in [5, 5.41) is 7.28. The van der Waals surface area contributed by atoms with Crippen LogP contribution in [0.3, 0.4) is 0 Å². The van der Waals surface area contributed by atoms with Crippen molar-refractivity contribution >= 4 is 17.7 Å². The number of piperidine rings is 2. The third-order valence-electron chi connectivity index (χ3n) is 4.52. The number of nitrogens with one attached hydrogen (secondary N) is 2. The highest BCUT2D eigenvalue weighted by Gasteiger charge is 2.21. The zero-order chi connectivity index (χ0) is 14.9. The van der Waals surface area contributed by atoms with Crippen LogP contribution in [0.15, 0.2) is 0 Å². The minimum absolute atomic E-state index is 0.241. The first-order chi connectivity index (χ1) is 10.3. The van der Waals surface area contributed by atoms with E-state index in [1.807, 2.05) is 11.8 Å². The van der Waals surface area contributed by atoms with Gasteiger partial charge in [0.05, 0.1) is 5.75 Å². The predicted molar refractivity (Wildman–Crippen MR) is 90.9 cm³/mol. The average Bonchev–Trinajstić information content (AvgIpc) is 2.53. The number of carbonyl (C=O) groups excluding carboxylic acids is 1. The SMILES string of the molecule is CCCCN1CCC(NC(=O)CSC2CCNCC2)CC1. The maximum absolute atomic E-state index is 12.0. The molecule has 0 radical (unpaired) electrons. The van der Waals surface area contributed by atoms with E-state index in [-0.39, 0.29) is 5.91 Å². The lowest BCUT2D eigenvalue weighted by molar-refractivity contribution is -0.119. The predicted octanol–water partition coefficient (Wildman–Crippen LogP) is 1.85. The first-order valence-corrected chi connectivity index (χ1v) is 9.67. The minimum atomic E-state index is 0.241. The van der Waals surface area contributed by atoms with Gasteiger partial charge in [-0.3, -0.25) is 4.79 Å². The van der Waals surface area contributed by atoms with Crippen molar-refractivity contribution < 1.29 is 4.79 Å². The first-order valence-electron chi connectivity index (χ1n) is 8.62. The fourth-order valence-corrected chi connectivity index (χ4v) is 4.15. The Morgan fingerprint density at radius 3 is 2.62 bits per heavy atom. The zero-order valence-corrected chi connectivity index (χ0v) is 14.2. The van der Waals surface area contributed by atoms with E-state index in [2.05, 4.69) is 22.5 Å². The van der Waals surface area contributed by atoms with E-state index in [9.17, 15) is 4.79 Å². The minimum Gasteiger partial charge on any atom is -0.353 e. The smallest absolute Gasteiger partial charge is 0.230 e. The highest BCUT2D eigenvalue weighted by Crippen LogP contribution is 2.20. The van der Waals surface area contributed by atoms with Crippen LogP contribution < -0.4 is 10.6 Å². The molecular weight excluding hydrogens is 282 g/mol. The number of amides is 1. The second-order valence-electron chi connectivity index (χ2n) is 6.30. The van der Waals surface area contributed by atoms with Crippen molar-refractivity contribution in [2.24, 2.45) is 0 Å². The summed E-state index contributed by atoms with van der Waals surface area (Å²) in [5.74, 6) is 0.881. The standard InChI is InChI=1S/C16H31N3OS/c1-2-3-10-19-11-6-14(7-12-19)18-16(20)13-21-15-4-8-17-9-5-15/h14-15,17H,2-13H2,1H3,(H,18,20). The van der Waals surface area contributed by atoms with E-state index in [4.69, 9.17) is 0 Å². The number of likely N-dealkylation sites (tertiary alicyclic amines) is 1. The number of unbranched alkanes of at least 4 members (excludes halogenated alkanes) is 1. The highest BCUT2D eigenvalue weighted by molar-refractivity contribution is 8.00. The molecule has 2 rings (SSSR count). The van der Waals surface area contributed by atoms with Crippen molar-refractivity contribution in [3.8, 4) is 0 Å². The molecule has 0 aliphatic carbocycles. The number of thioether (sulfide) groups is 1. The van der Waals surface area contributed by atoms with Gasteiger partial charge in [0, 0.05) is 24.4 Å². The summed E-state index contributed by atoms with van der Waals surface area (Å²) in [4.78, 5) is 14.6. The maximum atomic E-state index is 12.0. The van der Waals surface area contributed by atoms with Crippen molar-refractivity contribution in [2.75, 3.05) is 38.5 Å². The van der Waals surface area contributed by atoms with Crippen LogP contribution in [0.5, 0.6) is 0 Å². The van der Waals surface area contributed by atoms with Gasteiger partial charge in [0.2, 0.25) is 5.91 Å². The molecule has 0 spiro atoms. The molecule has 2 aliphatic rings. The second-order valence-corrected chi connectivity index (χ2v) is 7.59. The normalized spacial score (nSPS) is 22.3. The van der Waals surface area contributed by atoms with Crippen LogP contribution in [-0.2, 0) is 4.79 Å². The highest BCUT2D eigenvalue weighted by atomic mass is 32.2. The second kappa shape index (κ2) is 9.70. The van der Waals surface area contributed by atoms with Gasteiger partial charge in [-0.2, -0.15) is 0 Å². The van der Waals surface area contributed by atoms with Crippen LogP contribution in [0.1, 0.15) is 45.4 Å². The van der Waals surface area contributed by atoms with Crippen molar-refractivity contribution in [2.45, 2.75) is 56.7 Å². The Bertz CT molecular complexity index is 300. The van der Waals surface area contributed by atoms with E-state index < -0.39 is 0 Å². The van der Waals surface area contributed by atoms with Crippen LogP contribution in [-0.4, -0.2) is 60.6 Å². The molecule has 2 saturated heterocycles. The Hall–Kier alpha value is -0.260. The summed E-state index contributed by atoms with van der Waals surface area (Å²) in [6, 6.07) is 0.406. The monoisotopic (exact) mass is 313 g/mol. The Morgan fingerprint density at radius 1 is 1.24 bits per heavy atom. The van der Waals surface area contributed by atoms with Crippen LogP contribution >= 0.6 is 11.8 Å². The van der Waals surface area contributed by atoms with Gasteiger partial charge >= 0.3 is 0 Å². The molecule has 0 unspecified atom stereocenters. The summed E-state index contributed by atoms with van der Waals surface area (Å²) in [7, 11) is 0. The Morgan fingerprint density at radius 2 is 1.95 bits per heavy atom. The number of nitrogens with zero attached hydrogens (tertiary/aromatic N) is 1. The molecule has 0 aromatic rings. The quantitative estimate of drug-likeness (QED) is 0.753. The maximum Gasteiger partial charge on any atom is 0.230 e. The van der Waals surface area contributed by atoms with E-state index >= 15 is 0 Å². The molecule has 21 heavy (non-hydrogen) atoms. The van der Waals surface area contributed by atoms with Gasteiger partial charge in [-0.1, -0.05) is 13.3 Å². The average molecular weight is 314 g/mol. The molecule has 0 atom stereocenters. The Kier molecular flexibility index (Phi) is 7.89. The lowest BCUT2D eigenvalue weighted by Gasteiger charge is -2.32. The molecule has 5 heteroatoms. The summed E-state index contributed by atoms with van der Waals surface area (Å²) < 4.78 is 0. The molecule has 2 heterocycles. The van der Waals surface area contributed by atoms with Gasteiger partial charge in [-0.05, 0) is 51.7 Å². The van der Waals surface area contributed by atoms with Gasteiger partial charge in [-0.25, -0.2) is 0 Å². The first kappa shape index (κ1) is 17.1. The van der Waals surface area contributed by atoms with Gasteiger partial charge < -0.3 is 15.5 Å². The van der Waals surface area contributed by atoms with Gasteiger partial charge in [-0.15, -0.1) is 11.8 Å². The van der Waals surface area contributed by atoms with E-state index in [1.54, 1.807) is 0 Å². The number of rotatable bonds is 7. The van der Waals surface area contributed by atoms with Crippen molar-refractivity contribution in [1.29, 1.82) is 0 Å². The molecule has 122 valence electrons. The molecule has 0 aromatic heterocycles. The fraction of sp³-hybridized carbons (Fsp3) is 0.938. The van der Waals surface area contributed by atoms with Gasteiger partial charge in [0.15, 0.2) is 0 Å². The molecule has 2 fully saturated rings. The van der Waals surface area contributed by atoms with Crippen LogP contribution in [0.4, 0.5) is 0 Å². The van der Waals surface area contributed by atoms with E-state index in [0.29, 0.717) is 17.0 Å². The Balaban J connectivity index is 1.56. The molecule has 0 bridgehead atoms. The molecule has 0 saturated carbocycles. The third kappa shape index (κ3) is 6.57. The topological polar surface area (TPSA) is 44.4 Å². The largest absolute Gasteiger partial charge is 0.353 e. The number of hydrogen-bond donors (Lipinski definition) is 2. The van der Waals surface area contributed by atoms with Gasteiger partial charge in [0.25, 0.3) is 0 Å². The van der Waals surface area contributed by atoms with E-state index in [0.717, 1.165) is 39.0 Å². The third-order valence-corrected chi connectivity index (χ3v) is 5.89. The Labute approximate surface area is 133 Å². The van der Waals surface area contributed by atoms with Crippen LogP contribution in [0, 0.1) is 0 Å². The zero-order valence-electron chi connectivity index (χ0n) is 13.4. The van der Waals surface area contributed by atoms with E-state index in [1.165, 1.54) is 32.2 Å². The van der Waals surface area contributed by atoms with Crippen molar-refractivity contribution in [3.63, 3.8) is 0 Å². The van der Waals surface area contributed by atoms with Crippen LogP contribution in [0.25, 0.3) is 0 Å². The molecule has 1 amide bonds. The summed E-state index contributed by atoms with van der Waals surface area (Å²) >= 11 is 1.84. The van der Waals surface area contributed by atoms with Crippen molar-refractivity contribution in [1.82, 2.24) is 15.5 Å². The van der Waals surface area contributed by atoms with Gasteiger partial charge in [0.1, 0.15) is 0 Å². The molecule has 2 N–H and O–H groups in total.